The normalized spacial score (nSPS) is 10.6. The fourth-order valence-corrected chi connectivity index (χ4v) is 1.87. The van der Waals surface area contributed by atoms with Crippen LogP contribution in [0.4, 0.5) is 5.69 Å². The van der Waals surface area contributed by atoms with Crippen LogP contribution < -0.4 is 5.73 Å². The summed E-state index contributed by atoms with van der Waals surface area (Å²) in [6, 6.07) is 11.0. The molecule has 0 radical (unpaired) electrons. The van der Waals surface area contributed by atoms with Gasteiger partial charge in [-0.3, -0.25) is 0 Å². The van der Waals surface area contributed by atoms with Crippen molar-refractivity contribution in [3.05, 3.63) is 47.1 Å². The minimum absolute atomic E-state index is 0.366. The van der Waals surface area contributed by atoms with Crippen LogP contribution in [-0.4, -0.2) is 15.1 Å². The number of aromatic nitrogens is 3. The maximum Gasteiger partial charge on any atom is 0.276 e. The summed E-state index contributed by atoms with van der Waals surface area (Å²) >= 11 is 3.32. The van der Waals surface area contributed by atoms with Crippen molar-refractivity contribution < 1.29 is 4.52 Å². The van der Waals surface area contributed by atoms with E-state index in [2.05, 4.69) is 31.1 Å². The van der Waals surface area contributed by atoms with Gasteiger partial charge in [0.25, 0.3) is 5.89 Å². The van der Waals surface area contributed by atoms with Gasteiger partial charge in [0.15, 0.2) is 0 Å². The predicted molar refractivity (Wildman–Crippen MR) is 75.1 cm³/mol. The van der Waals surface area contributed by atoms with Crippen LogP contribution in [0.5, 0.6) is 0 Å². The molecular weight excluding hydrogens is 308 g/mol. The lowest BCUT2D eigenvalue weighted by molar-refractivity contribution is 0.431. The maximum atomic E-state index is 5.88. The first-order valence-corrected chi connectivity index (χ1v) is 6.34. The maximum absolute atomic E-state index is 5.88. The number of nitrogens with two attached hydrogens (primary N) is 1. The van der Waals surface area contributed by atoms with Crippen molar-refractivity contribution in [3.63, 3.8) is 0 Å². The molecule has 0 aliphatic heterocycles. The second kappa shape index (κ2) is 4.81. The Bertz CT molecular complexity index is 709. The first kappa shape index (κ1) is 11.9. The lowest BCUT2D eigenvalue weighted by Crippen LogP contribution is -1.90. The molecule has 0 saturated carbocycles. The van der Waals surface area contributed by atoms with Crippen LogP contribution >= 0.6 is 15.9 Å². The summed E-state index contributed by atoms with van der Waals surface area (Å²) in [6.45, 7) is 0. The van der Waals surface area contributed by atoms with Crippen LogP contribution in [0.25, 0.3) is 23.0 Å². The summed E-state index contributed by atoms with van der Waals surface area (Å²) in [5.41, 5.74) is 7.85. The van der Waals surface area contributed by atoms with E-state index in [1.165, 1.54) is 0 Å². The van der Waals surface area contributed by atoms with Crippen molar-refractivity contribution in [3.8, 4) is 23.0 Å². The van der Waals surface area contributed by atoms with E-state index in [-0.39, 0.29) is 0 Å². The largest absolute Gasteiger partial charge is 0.398 e. The molecule has 2 heterocycles. The van der Waals surface area contributed by atoms with Gasteiger partial charge in [-0.15, -0.1) is 0 Å². The zero-order valence-corrected chi connectivity index (χ0v) is 11.3. The van der Waals surface area contributed by atoms with Gasteiger partial charge in [0, 0.05) is 21.9 Å². The molecule has 0 unspecified atom stereocenters. The van der Waals surface area contributed by atoms with E-state index in [9.17, 15) is 0 Å². The number of para-hydroxylation sites is 1. The summed E-state index contributed by atoms with van der Waals surface area (Å²) < 4.78 is 6.10. The first-order chi connectivity index (χ1) is 9.24. The van der Waals surface area contributed by atoms with Crippen molar-refractivity contribution in [1.29, 1.82) is 0 Å². The molecule has 3 rings (SSSR count). The summed E-state index contributed by atoms with van der Waals surface area (Å²) in [5.74, 6) is 0.823. The zero-order chi connectivity index (χ0) is 13.2. The summed E-state index contributed by atoms with van der Waals surface area (Å²) in [4.78, 5) is 8.51. The average molecular weight is 317 g/mol. The number of benzene rings is 1. The Hall–Kier alpha value is -2.21. The number of nitrogen functional groups attached to an aromatic ring is 1. The second-order valence-corrected chi connectivity index (χ2v) is 4.79. The number of rotatable bonds is 2. The molecule has 2 N–H and O–H groups in total. The molecule has 3 aromatic rings. The monoisotopic (exact) mass is 316 g/mol. The van der Waals surface area contributed by atoms with Gasteiger partial charge in [-0.25, -0.2) is 4.98 Å². The smallest absolute Gasteiger partial charge is 0.276 e. The lowest BCUT2D eigenvalue weighted by Gasteiger charge is -1.98. The minimum Gasteiger partial charge on any atom is -0.398 e. The Labute approximate surface area is 117 Å². The predicted octanol–water partition coefficient (Wildman–Crippen LogP) is 3.14. The molecule has 0 fully saturated rings. The molecule has 0 saturated heterocycles. The van der Waals surface area contributed by atoms with Gasteiger partial charge in [-0.1, -0.05) is 17.3 Å². The van der Waals surface area contributed by atoms with Crippen LogP contribution in [0.1, 0.15) is 0 Å². The molecule has 0 spiro atoms. The number of pyridine rings is 1. The van der Waals surface area contributed by atoms with Crippen molar-refractivity contribution in [2.75, 3.05) is 5.73 Å². The minimum atomic E-state index is 0.366. The Morgan fingerprint density at radius 3 is 2.68 bits per heavy atom. The van der Waals surface area contributed by atoms with E-state index < -0.39 is 0 Å². The summed E-state index contributed by atoms with van der Waals surface area (Å²) in [6.07, 6.45) is 1.68. The van der Waals surface area contributed by atoms with Crippen molar-refractivity contribution in [2.45, 2.75) is 0 Å². The molecule has 0 aliphatic carbocycles. The Morgan fingerprint density at radius 2 is 1.95 bits per heavy atom. The van der Waals surface area contributed by atoms with Gasteiger partial charge in [0.1, 0.15) is 5.69 Å². The van der Waals surface area contributed by atoms with Crippen LogP contribution in [0.2, 0.25) is 0 Å². The zero-order valence-electron chi connectivity index (χ0n) is 9.75. The van der Waals surface area contributed by atoms with E-state index >= 15 is 0 Å². The van der Waals surface area contributed by atoms with E-state index in [0.29, 0.717) is 23.1 Å². The number of hydrogen-bond donors (Lipinski definition) is 1. The van der Waals surface area contributed by atoms with Gasteiger partial charge in [0.05, 0.1) is 0 Å². The molecule has 6 heteroatoms. The number of halogens is 1. The highest BCUT2D eigenvalue weighted by atomic mass is 79.9. The van der Waals surface area contributed by atoms with Crippen molar-refractivity contribution in [2.24, 2.45) is 0 Å². The Kier molecular flexibility index (Phi) is 3.00. The topological polar surface area (TPSA) is 77.8 Å². The van der Waals surface area contributed by atoms with Gasteiger partial charge in [-0.2, -0.15) is 4.98 Å². The molecule has 1 aromatic carbocycles. The summed E-state index contributed by atoms with van der Waals surface area (Å²) in [7, 11) is 0. The number of anilines is 1. The molecule has 2 aromatic heterocycles. The summed E-state index contributed by atoms with van der Waals surface area (Å²) in [5, 5.41) is 3.93. The van der Waals surface area contributed by atoms with E-state index in [1.54, 1.807) is 18.3 Å². The number of hydrogen-bond acceptors (Lipinski definition) is 5. The van der Waals surface area contributed by atoms with E-state index in [1.807, 2.05) is 24.3 Å². The highest BCUT2D eigenvalue weighted by molar-refractivity contribution is 9.10. The standard InChI is InChI=1S/C13H9BrN4O/c14-8-5-6-11(16-7-8)13-17-12(18-19-13)9-3-1-2-4-10(9)15/h1-7H,15H2. The van der Waals surface area contributed by atoms with Crippen LogP contribution in [0.3, 0.4) is 0 Å². The molecule has 5 nitrogen and oxygen atoms in total. The molecule has 94 valence electrons. The molecule has 0 amide bonds. The van der Waals surface area contributed by atoms with Crippen LogP contribution in [0, 0.1) is 0 Å². The SMILES string of the molecule is Nc1ccccc1-c1noc(-c2ccc(Br)cn2)n1. The van der Waals surface area contributed by atoms with Gasteiger partial charge >= 0.3 is 0 Å². The van der Waals surface area contributed by atoms with Gasteiger partial charge < -0.3 is 10.3 Å². The highest BCUT2D eigenvalue weighted by Crippen LogP contribution is 2.25. The fourth-order valence-electron chi connectivity index (χ4n) is 1.64. The average Bonchev–Trinajstić information content (AvgIpc) is 2.89. The van der Waals surface area contributed by atoms with Gasteiger partial charge in [-0.05, 0) is 40.2 Å². The quantitative estimate of drug-likeness (QED) is 0.735. The van der Waals surface area contributed by atoms with Crippen molar-refractivity contribution in [1.82, 2.24) is 15.1 Å². The molecule has 19 heavy (non-hydrogen) atoms. The van der Waals surface area contributed by atoms with E-state index in [4.69, 9.17) is 10.3 Å². The van der Waals surface area contributed by atoms with E-state index in [0.717, 1.165) is 10.0 Å². The second-order valence-electron chi connectivity index (χ2n) is 3.87. The highest BCUT2D eigenvalue weighted by Gasteiger charge is 2.13. The Balaban J connectivity index is 2.00. The lowest BCUT2D eigenvalue weighted by atomic mass is 10.2. The number of nitrogens with zero attached hydrogens (tertiary/aromatic N) is 3. The van der Waals surface area contributed by atoms with Crippen LogP contribution in [0.15, 0.2) is 51.6 Å². The first-order valence-electron chi connectivity index (χ1n) is 5.54. The fraction of sp³-hybridized carbons (Fsp3) is 0. The third-order valence-corrected chi connectivity index (χ3v) is 3.04. The third-order valence-electron chi connectivity index (χ3n) is 2.57. The molecule has 0 bridgehead atoms. The van der Waals surface area contributed by atoms with Crippen LogP contribution in [-0.2, 0) is 0 Å². The third kappa shape index (κ3) is 2.34. The van der Waals surface area contributed by atoms with Crippen molar-refractivity contribution >= 4 is 21.6 Å². The Morgan fingerprint density at radius 1 is 1.11 bits per heavy atom. The van der Waals surface area contributed by atoms with Gasteiger partial charge in [0.2, 0.25) is 5.82 Å². The molecular formula is C13H9BrN4O. The molecule has 0 atom stereocenters. The molecule has 0 aliphatic rings.